The molecule has 0 saturated carbocycles. The van der Waals surface area contributed by atoms with E-state index in [2.05, 4.69) is 10.6 Å². The molecule has 0 spiro atoms. The Morgan fingerprint density at radius 1 is 0.857 bits per heavy atom. The first-order valence-electron chi connectivity index (χ1n) is 7.36. The molecule has 0 saturated heterocycles. The monoisotopic (exact) mass is 302 g/mol. The SMILES string of the molecule is CCC(CNC(=O)OC(C)(C)C)CNC(=O)OC(C)(C)C. The summed E-state index contributed by atoms with van der Waals surface area (Å²) < 4.78 is 10.3. The summed E-state index contributed by atoms with van der Waals surface area (Å²) in [5.41, 5.74) is -1.03. The van der Waals surface area contributed by atoms with E-state index in [9.17, 15) is 9.59 Å². The molecule has 2 N–H and O–H groups in total. The molecule has 0 aromatic heterocycles. The highest BCUT2D eigenvalue weighted by Crippen LogP contribution is 2.08. The van der Waals surface area contributed by atoms with Crippen LogP contribution in [0.1, 0.15) is 54.9 Å². The Hall–Kier alpha value is -1.46. The van der Waals surface area contributed by atoms with Gasteiger partial charge >= 0.3 is 12.2 Å². The number of nitrogens with one attached hydrogen (secondary N) is 2. The summed E-state index contributed by atoms with van der Waals surface area (Å²) in [4.78, 5) is 23.1. The molecular formula is C15H30N2O4. The van der Waals surface area contributed by atoms with Crippen molar-refractivity contribution in [2.24, 2.45) is 5.92 Å². The lowest BCUT2D eigenvalue weighted by Crippen LogP contribution is -2.40. The van der Waals surface area contributed by atoms with Gasteiger partial charge in [-0.1, -0.05) is 6.92 Å². The molecule has 0 atom stereocenters. The fraction of sp³-hybridized carbons (Fsp3) is 0.867. The zero-order valence-corrected chi connectivity index (χ0v) is 14.3. The first-order chi connectivity index (χ1) is 9.43. The second-order valence-electron chi connectivity index (χ2n) is 7.04. The van der Waals surface area contributed by atoms with Crippen molar-refractivity contribution in [2.75, 3.05) is 13.1 Å². The number of ether oxygens (including phenoxy) is 2. The largest absolute Gasteiger partial charge is 0.444 e. The minimum atomic E-state index is -0.513. The van der Waals surface area contributed by atoms with Crippen LogP contribution in [0.25, 0.3) is 0 Å². The van der Waals surface area contributed by atoms with E-state index >= 15 is 0 Å². The van der Waals surface area contributed by atoms with Gasteiger partial charge in [-0.15, -0.1) is 0 Å². The van der Waals surface area contributed by atoms with Crippen molar-refractivity contribution >= 4 is 12.2 Å². The highest BCUT2D eigenvalue weighted by molar-refractivity contribution is 5.68. The number of alkyl carbamates (subject to hydrolysis) is 2. The first-order valence-corrected chi connectivity index (χ1v) is 7.36. The van der Waals surface area contributed by atoms with E-state index in [1.807, 2.05) is 48.5 Å². The van der Waals surface area contributed by atoms with E-state index in [1.165, 1.54) is 0 Å². The van der Waals surface area contributed by atoms with Gasteiger partial charge in [0.05, 0.1) is 0 Å². The maximum atomic E-state index is 11.6. The van der Waals surface area contributed by atoms with Gasteiger partial charge in [0.1, 0.15) is 11.2 Å². The van der Waals surface area contributed by atoms with Gasteiger partial charge in [-0.25, -0.2) is 9.59 Å². The second kappa shape index (κ2) is 8.10. The van der Waals surface area contributed by atoms with Gasteiger partial charge < -0.3 is 20.1 Å². The lowest BCUT2D eigenvalue weighted by Gasteiger charge is -2.23. The molecule has 0 aliphatic carbocycles. The van der Waals surface area contributed by atoms with Gasteiger partial charge in [0.25, 0.3) is 0 Å². The van der Waals surface area contributed by atoms with E-state index in [-0.39, 0.29) is 5.92 Å². The normalized spacial score (nSPS) is 12.0. The molecule has 0 fully saturated rings. The Balaban J connectivity index is 4.07. The predicted octanol–water partition coefficient (Wildman–Crippen LogP) is 3.06. The van der Waals surface area contributed by atoms with Crippen LogP contribution < -0.4 is 10.6 Å². The third kappa shape index (κ3) is 12.0. The standard InChI is InChI=1S/C15H30N2O4/c1-8-11(9-16-12(18)20-14(2,3)4)10-17-13(19)21-15(5,6)7/h11H,8-10H2,1-7H3,(H,16,18)(H,17,19). The molecule has 0 bridgehead atoms. The van der Waals surface area contributed by atoms with Crippen LogP contribution in [0.2, 0.25) is 0 Å². The van der Waals surface area contributed by atoms with E-state index in [0.717, 1.165) is 6.42 Å². The predicted molar refractivity (Wildman–Crippen MR) is 82.3 cm³/mol. The minimum Gasteiger partial charge on any atom is -0.444 e. The Labute approximate surface area is 127 Å². The van der Waals surface area contributed by atoms with Crippen molar-refractivity contribution in [1.29, 1.82) is 0 Å². The van der Waals surface area contributed by atoms with Crippen molar-refractivity contribution in [2.45, 2.75) is 66.1 Å². The van der Waals surface area contributed by atoms with E-state index in [4.69, 9.17) is 9.47 Å². The molecule has 0 aromatic rings. The molecule has 0 aliphatic heterocycles. The fourth-order valence-corrected chi connectivity index (χ4v) is 1.44. The molecule has 6 heteroatoms. The van der Waals surface area contributed by atoms with Gasteiger partial charge in [0.15, 0.2) is 0 Å². The first kappa shape index (κ1) is 19.5. The van der Waals surface area contributed by atoms with E-state index in [0.29, 0.717) is 13.1 Å². The van der Waals surface area contributed by atoms with Crippen LogP contribution in [0.15, 0.2) is 0 Å². The molecular weight excluding hydrogens is 272 g/mol. The van der Waals surface area contributed by atoms with Crippen LogP contribution in [0, 0.1) is 5.92 Å². The Kier molecular flexibility index (Phi) is 7.53. The number of amides is 2. The van der Waals surface area contributed by atoms with Crippen LogP contribution in [0.5, 0.6) is 0 Å². The van der Waals surface area contributed by atoms with Gasteiger partial charge in [-0.3, -0.25) is 0 Å². The van der Waals surface area contributed by atoms with E-state index in [1.54, 1.807) is 0 Å². The molecule has 6 nitrogen and oxygen atoms in total. The Morgan fingerprint density at radius 3 is 1.43 bits per heavy atom. The highest BCUT2D eigenvalue weighted by Gasteiger charge is 2.19. The minimum absolute atomic E-state index is 0.130. The molecule has 2 amide bonds. The molecule has 0 rings (SSSR count). The van der Waals surface area contributed by atoms with Crippen LogP contribution in [-0.4, -0.2) is 36.5 Å². The molecule has 21 heavy (non-hydrogen) atoms. The summed E-state index contributed by atoms with van der Waals surface area (Å²) in [6.07, 6.45) is -0.0672. The molecule has 0 unspecified atom stereocenters. The van der Waals surface area contributed by atoms with Crippen molar-refractivity contribution in [3.05, 3.63) is 0 Å². The van der Waals surface area contributed by atoms with Crippen molar-refractivity contribution in [3.8, 4) is 0 Å². The Morgan fingerprint density at radius 2 is 1.19 bits per heavy atom. The summed E-state index contributed by atoms with van der Waals surface area (Å²) >= 11 is 0. The second-order valence-corrected chi connectivity index (χ2v) is 7.04. The number of hydrogen-bond acceptors (Lipinski definition) is 4. The molecule has 0 aromatic carbocycles. The van der Waals surface area contributed by atoms with Gasteiger partial charge in [-0.05, 0) is 53.9 Å². The summed E-state index contributed by atoms with van der Waals surface area (Å²) in [7, 11) is 0. The summed E-state index contributed by atoms with van der Waals surface area (Å²) in [6, 6.07) is 0. The fourth-order valence-electron chi connectivity index (χ4n) is 1.44. The van der Waals surface area contributed by atoms with Crippen LogP contribution in [0.3, 0.4) is 0 Å². The molecule has 0 heterocycles. The number of carbonyl (C=O) groups is 2. The third-order valence-corrected chi connectivity index (χ3v) is 2.45. The van der Waals surface area contributed by atoms with Crippen molar-refractivity contribution in [1.82, 2.24) is 10.6 Å². The average Bonchev–Trinajstić information content (AvgIpc) is 2.24. The smallest absolute Gasteiger partial charge is 0.407 e. The van der Waals surface area contributed by atoms with Crippen molar-refractivity contribution in [3.63, 3.8) is 0 Å². The van der Waals surface area contributed by atoms with Crippen LogP contribution in [0.4, 0.5) is 9.59 Å². The summed E-state index contributed by atoms with van der Waals surface area (Å²) in [5.74, 6) is 0.130. The highest BCUT2D eigenvalue weighted by atomic mass is 16.6. The lowest BCUT2D eigenvalue weighted by molar-refractivity contribution is 0.0508. The average molecular weight is 302 g/mol. The molecule has 124 valence electrons. The Bertz CT molecular complexity index is 311. The maximum absolute atomic E-state index is 11.6. The lowest BCUT2D eigenvalue weighted by atomic mass is 10.1. The van der Waals surface area contributed by atoms with Crippen LogP contribution in [-0.2, 0) is 9.47 Å². The molecule has 0 aliphatic rings. The third-order valence-electron chi connectivity index (χ3n) is 2.45. The quantitative estimate of drug-likeness (QED) is 0.818. The van der Waals surface area contributed by atoms with Gasteiger partial charge in [-0.2, -0.15) is 0 Å². The zero-order chi connectivity index (χ0) is 16.7. The summed E-state index contributed by atoms with van der Waals surface area (Å²) in [6.45, 7) is 13.8. The zero-order valence-electron chi connectivity index (χ0n) is 14.3. The van der Waals surface area contributed by atoms with Crippen LogP contribution >= 0.6 is 0 Å². The van der Waals surface area contributed by atoms with E-state index < -0.39 is 23.4 Å². The topological polar surface area (TPSA) is 76.7 Å². The number of carbonyl (C=O) groups excluding carboxylic acids is 2. The maximum Gasteiger partial charge on any atom is 0.407 e. The number of rotatable bonds is 5. The van der Waals surface area contributed by atoms with Gasteiger partial charge in [0, 0.05) is 13.1 Å². The number of hydrogen-bond donors (Lipinski definition) is 2. The summed E-state index contributed by atoms with van der Waals surface area (Å²) in [5, 5.41) is 5.42. The van der Waals surface area contributed by atoms with Crippen molar-refractivity contribution < 1.29 is 19.1 Å². The molecule has 0 radical (unpaired) electrons. The van der Waals surface area contributed by atoms with Gasteiger partial charge in [0.2, 0.25) is 0 Å².